The molecule has 0 aliphatic carbocycles. The van der Waals surface area contributed by atoms with Gasteiger partial charge < -0.3 is 10.1 Å². The molecular formula is C17H18FNO2. The Labute approximate surface area is 123 Å². The summed E-state index contributed by atoms with van der Waals surface area (Å²) in [5.74, 6) is 0.409. The van der Waals surface area contributed by atoms with Crippen LogP contribution in [0.3, 0.4) is 0 Å². The molecule has 0 saturated heterocycles. The largest absolute Gasteiger partial charge is 0.497 e. The predicted octanol–water partition coefficient (Wildman–Crippen LogP) is 3.25. The SMILES string of the molecule is COc1ccc(CC(=O)NC(C)c2ccc(F)cc2)cc1. The highest BCUT2D eigenvalue weighted by Gasteiger charge is 2.10. The summed E-state index contributed by atoms with van der Waals surface area (Å²) >= 11 is 0. The van der Waals surface area contributed by atoms with Crippen LogP contribution in [0.5, 0.6) is 5.75 Å². The molecule has 0 radical (unpaired) electrons. The average molecular weight is 287 g/mol. The lowest BCUT2D eigenvalue weighted by molar-refractivity contribution is -0.121. The average Bonchev–Trinajstić information content (AvgIpc) is 2.48. The van der Waals surface area contributed by atoms with Gasteiger partial charge in [0.2, 0.25) is 5.91 Å². The topological polar surface area (TPSA) is 38.3 Å². The first kappa shape index (κ1) is 15.0. The molecule has 0 spiro atoms. The number of ether oxygens (including phenoxy) is 1. The Morgan fingerprint density at radius 3 is 2.33 bits per heavy atom. The van der Waals surface area contributed by atoms with Crippen LogP contribution in [0.15, 0.2) is 48.5 Å². The maximum absolute atomic E-state index is 12.9. The van der Waals surface area contributed by atoms with Gasteiger partial charge in [0.25, 0.3) is 0 Å². The van der Waals surface area contributed by atoms with Crippen LogP contribution in [0, 0.1) is 5.82 Å². The number of carbonyl (C=O) groups is 1. The number of amides is 1. The number of carbonyl (C=O) groups excluding carboxylic acids is 1. The molecule has 0 aliphatic heterocycles. The molecule has 2 aromatic rings. The molecule has 0 fully saturated rings. The summed E-state index contributed by atoms with van der Waals surface area (Å²) in [6.07, 6.45) is 0.301. The van der Waals surface area contributed by atoms with E-state index in [0.717, 1.165) is 16.9 Å². The lowest BCUT2D eigenvalue weighted by atomic mass is 10.1. The van der Waals surface area contributed by atoms with E-state index in [-0.39, 0.29) is 17.8 Å². The molecule has 0 bridgehead atoms. The summed E-state index contributed by atoms with van der Waals surface area (Å²) in [5, 5.41) is 2.90. The standard InChI is InChI=1S/C17H18FNO2/c1-12(14-5-7-15(18)8-6-14)19-17(20)11-13-3-9-16(21-2)10-4-13/h3-10,12H,11H2,1-2H3,(H,19,20). The van der Waals surface area contributed by atoms with E-state index in [1.54, 1.807) is 19.2 Å². The molecule has 0 saturated carbocycles. The maximum Gasteiger partial charge on any atom is 0.224 e. The van der Waals surface area contributed by atoms with Gasteiger partial charge in [-0.15, -0.1) is 0 Å². The summed E-state index contributed by atoms with van der Waals surface area (Å²) in [7, 11) is 1.60. The Hall–Kier alpha value is -2.36. The number of nitrogens with one attached hydrogen (secondary N) is 1. The van der Waals surface area contributed by atoms with Crippen LogP contribution in [-0.2, 0) is 11.2 Å². The van der Waals surface area contributed by atoms with Crippen LogP contribution in [-0.4, -0.2) is 13.0 Å². The van der Waals surface area contributed by atoms with Gasteiger partial charge in [-0.25, -0.2) is 4.39 Å². The van der Waals surface area contributed by atoms with Crippen LogP contribution >= 0.6 is 0 Å². The number of benzene rings is 2. The number of hydrogen-bond acceptors (Lipinski definition) is 2. The molecule has 1 N–H and O–H groups in total. The minimum atomic E-state index is -0.282. The first-order valence-electron chi connectivity index (χ1n) is 6.76. The monoisotopic (exact) mass is 287 g/mol. The van der Waals surface area contributed by atoms with Crippen molar-refractivity contribution in [1.29, 1.82) is 0 Å². The molecule has 21 heavy (non-hydrogen) atoms. The molecule has 1 unspecified atom stereocenters. The van der Waals surface area contributed by atoms with Crippen molar-refractivity contribution in [1.82, 2.24) is 5.32 Å². The molecule has 4 heteroatoms. The zero-order valence-electron chi connectivity index (χ0n) is 12.1. The molecule has 1 atom stereocenters. The van der Waals surface area contributed by atoms with Crippen molar-refractivity contribution in [2.24, 2.45) is 0 Å². The fourth-order valence-corrected chi connectivity index (χ4v) is 2.06. The van der Waals surface area contributed by atoms with Gasteiger partial charge in [-0.3, -0.25) is 4.79 Å². The van der Waals surface area contributed by atoms with Crippen molar-refractivity contribution in [3.8, 4) is 5.75 Å². The minimum Gasteiger partial charge on any atom is -0.497 e. The van der Waals surface area contributed by atoms with E-state index in [2.05, 4.69) is 5.32 Å². The third-order valence-corrected chi connectivity index (χ3v) is 3.27. The first-order valence-corrected chi connectivity index (χ1v) is 6.76. The molecule has 1 amide bonds. The van der Waals surface area contributed by atoms with Crippen LogP contribution in [0.25, 0.3) is 0 Å². The summed E-state index contributed by atoms with van der Waals surface area (Å²) < 4.78 is 17.9. The van der Waals surface area contributed by atoms with Crippen molar-refractivity contribution >= 4 is 5.91 Å². The smallest absolute Gasteiger partial charge is 0.224 e. The van der Waals surface area contributed by atoms with Gasteiger partial charge >= 0.3 is 0 Å². The fraction of sp³-hybridized carbons (Fsp3) is 0.235. The molecule has 0 heterocycles. The highest BCUT2D eigenvalue weighted by Crippen LogP contribution is 2.14. The van der Waals surface area contributed by atoms with Gasteiger partial charge in [0.15, 0.2) is 0 Å². The highest BCUT2D eigenvalue weighted by molar-refractivity contribution is 5.79. The van der Waals surface area contributed by atoms with Gasteiger partial charge in [0.05, 0.1) is 19.6 Å². The molecule has 2 aromatic carbocycles. The second-order valence-corrected chi connectivity index (χ2v) is 4.87. The van der Waals surface area contributed by atoms with Crippen LogP contribution in [0.4, 0.5) is 4.39 Å². The third-order valence-electron chi connectivity index (χ3n) is 3.27. The second-order valence-electron chi connectivity index (χ2n) is 4.87. The second kappa shape index (κ2) is 6.88. The predicted molar refractivity (Wildman–Crippen MR) is 79.7 cm³/mol. The van der Waals surface area contributed by atoms with Crippen LogP contribution < -0.4 is 10.1 Å². The zero-order chi connectivity index (χ0) is 15.2. The van der Waals surface area contributed by atoms with Gasteiger partial charge in [0.1, 0.15) is 11.6 Å². The third kappa shape index (κ3) is 4.31. The summed E-state index contributed by atoms with van der Waals surface area (Å²) in [4.78, 5) is 12.0. The van der Waals surface area contributed by atoms with E-state index in [1.165, 1.54) is 12.1 Å². The highest BCUT2D eigenvalue weighted by atomic mass is 19.1. The summed E-state index contributed by atoms with van der Waals surface area (Å²) in [6.45, 7) is 1.87. The van der Waals surface area contributed by atoms with Crippen LogP contribution in [0.2, 0.25) is 0 Å². The van der Waals surface area contributed by atoms with E-state index in [9.17, 15) is 9.18 Å². The van der Waals surface area contributed by atoms with Crippen molar-refractivity contribution < 1.29 is 13.9 Å². The van der Waals surface area contributed by atoms with Crippen molar-refractivity contribution in [3.05, 3.63) is 65.5 Å². The van der Waals surface area contributed by atoms with E-state index in [1.807, 2.05) is 31.2 Å². The number of halogens is 1. The number of hydrogen-bond donors (Lipinski definition) is 1. The molecule has 0 aliphatic rings. The van der Waals surface area contributed by atoms with E-state index in [4.69, 9.17) is 4.74 Å². The quantitative estimate of drug-likeness (QED) is 0.916. The van der Waals surface area contributed by atoms with Gasteiger partial charge in [0, 0.05) is 0 Å². The fourth-order valence-electron chi connectivity index (χ4n) is 2.06. The zero-order valence-corrected chi connectivity index (χ0v) is 12.1. The lowest BCUT2D eigenvalue weighted by Gasteiger charge is -2.14. The summed E-state index contributed by atoms with van der Waals surface area (Å²) in [6, 6.07) is 13.3. The van der Waals surface area contributed by atoms with E-state index in [0.29, 0.717) is 6.42 Å². The van der Waals surface area contributed by atoms with Gasteiger partial charge in [-0.2, -0.15) is 0 Å². The molecule has 3 nitrogen and oxygen atoms in total. The van der Waals surface area contributed by atoms with Gasteiger partial charge in [-0.1, -0.05) is 24.3 Å². The Bertz CT molecular complexity index is 593. The van der Waals surface area contributed by atoms with Crippen molar-refractivity contribution in [2.75, 3.05) is 7.11 Å². The maximum atomic E-state index is 12.9. The van der Waals surface area contributed by atoms with E-state index < -0.39 is 0 Å². The number of methoxy groups -OCH3 is 1. The Morgan fingerprint density at radius 2 is 1.76 bits per heavy atom. The Kier molecular flexibility index (Phi) is 4.93. The molecular weight excluding hydrogens is 269 g/mol. The van der Waals surface area contributed by atoms with E-state index >= 15 is 0 Å². The molecule has 2 rings (SSSR count). The van der Waals surface area contributed by atoms with Crippen molar-refractivity contribution in [2.45, 2.75) is 19.4 Å². The summed E-state index contributed by atoms with van der Waals surface area (Å²) in [5.41, 5.74) is 1.79. The first-order chi connectivity index (χ1) is 10.1. The normalized spacial score (nSPS) is 11.8. The lowest BCUT2D eigenvalue weighted by Crippen LogP contribution is -2.28. The molecule has 110 valence electrons. The van der Waals surface area contributed by atoms with Crippen molar-refractivity contribution in [3.63, 3.8) is 0 Å². The van der Waals surface area contributed by atoms with Crippen LogP contribution in [0.1, 0.15) is 24.1 Å². The van der Waals surface area contributed by atoms with Gasteiger partial charge in [-0.05, 0) is 42.3 Å². The Morgan fingerprint density at radius 1 is 1.14 bits per heavy atom. The molecule has 0 aromatic heterocycles. The number of rotatable bonds is 5. The Balaban J connectivity index is 1.92. The minimum absolute atomic E-state index is 0.0722.